The lowest BCUT2D eigenvalue weighted by Gasteiger charge is -2.19. The van der Waals surface area contributed by atoms with E-state index in [1.807, 2.05) is 34.6 Å². The van der Waals surface area contributed by atoms with Crippen LogP contribution in [-0.2, 0) is 35.0 Å². The van der Waals surface area contributed by atoms with Crippen LogP contribution in [0, 0.1) is 17.3 Å². The molecule has 2 unspecified atom stereocenters. The van der Waals surface area contributed by atoms with Gasteiger partial charge in [-0.05, 0) is 49.3 Å². The highest BCUT2D eigenvalue weighted by Gasteiger charge is 2.23. The number of esters is 3. The third-order valence-electron chi connectivity index (χ3n) is 5.60. The average Bonchev–Trinajstić information content (AvgIpc) is 2.85. The molecular weight excluding hydrogens is 494 g/mol. The van der Waals surface area contributed by atoms with Crippen molar-refractivity contribution >= 4 is 24.1 Å². The molecule has 1 aromatic rings. The number of hydrogen-bond donors (Lipinski definition) is 1. The molecule has 0 saturated carbocycles. The molecule has 0 spiro atoms. The summed E-state index contributed by atoms with van der Waals surface area (Å²) >= 11 is 0. The summed E-state index contributed by atoms with van der Waals surface area (Å²) in [5.74, 6) is -2.12. The van der Waals surface area contributed by atoms with E-state index in [0.29, 0.717) is 18.4 Å². The van der Waals surface area contributed by atoms with Crippen molar-refractivity contribution in [3.63, 3.8) is 0 Å². The van der Waals surface area contributed by atoms with E-state index in [1.165, 1.54) is 12.1 Å². The number of rotatable bonds is 13. The first kappa shape index (κ1) is 32.9. The van der Waals surface area contributed by atoms with Crippen molar-refractivity contribution in [3.05, 3.63) is 23.8 Å². The summed E-state index contributed by atoms with van der Waals surface area (Å²) in [5.41, 5.74) is 6.39. The van der Waals surface area contributed by atoms with E-state index in [1.54, 1.807) is 26.8 Å². The monoisotopic (exact) mass is 537 g/mol. The van der Waals surface area contributed by atoms with Crippen molar-refractivity contribution in [1.82, 2.24) is 0 Å². The third kappa shape index (κ3) is 11.9. The first-order chi connectivity index (χ1) is 17.7. The van der Waals surface area contributed by atoms with Gasteiger partial charge in [0.1, 0.15) is 18.8 Å². The predicted molar refractivity (Wildman–Crippen MR) is 141 cm³/mol. The Kier molecular flexibility index (Phi) is 13.3. The number of carbonyl (C=O) groups is 4. The van der Waals surface area contributed by atoms with Gasteiger partial charge in [-0.3, -0.25) is 14.4 Å². The summed E-state index contributed by atoms with van der Waals surface area (Å²) < 4.78 is 26.3. The van der Waals surface area contributed by atoms with Gasteiger partial charge >= 0.3 is 24.1 Å². The fourth-order valence-corrected chi connectivity index (χ4v) is 2.75. The summed E-state index contributed by atoms with van der Waals surface area (Å²) in [7, 11) is 0. The van der Waals surface area contributed by atoms with Gasteiger partial charge in [-0.15, -0.1) is 0 Å². The highest BCUT2D eigenvalue weighted by Crippen LogP contribution is 2.31. The van der Waals surface area contributed by atoms with Crippen LogP contribution in [0.4, 0.5) is 4.79 Å². The Hall–Kier alpha value is -3.14. The van der Waals surface area contributed by atoms with Crippen LogP contribution in [0.25, 0.3) is 0 Å². The molecule has 10 heteroatoms. The Labute approximate surface area is 225 Å². The molecule has 38 heavy (non-hydrogen) atoms. The van der Waals surface area contributed by atoms with E-state index in [2.05, 4.69) is 0 Å². The SMILES string of the molecule is CCC(C)C(=O)Oc1ccc(C[C@H](N)C(=O)OC[C@H](C)OC(=O)OCC(C)(C)C)cc1OC(=O)C(C)CC. The van der Waals surface area contributed by atoms with Crippen LogP contribution in [0.15, 0.2) is 18.2 Å². The molecule has 0 aliphatic heterocycles. The van der Waals surface area contributed by atoms with Crippen LogP contribution in [0.2, 0.25) is 0 Å². The van der Waals surface area contributed by atoms with Crippen molar-refractivity contribution < 1.29 is 42.9 Å². The fourth-order valence-electron chi connectivity index (χ4n) is 2.75. The zero-order valence-electron chi connectivity index (χ0n) is 23.8. The van der Waals surface area contributed by atoms with Crippen LogP contribution >= 0.6 is 0 Å². The quantitative estimate of drug-likeness (QED) is 0.280. The molecule has 0 saturated heterocycles. The molecule has 2 N–H and O–H groups in total. The van der Waals surface area contributed by atoms with Gasteiger partial charge < -0.3 is 29.4 Å². The molecule has 0 heterocycles. The van der Waals surface area contributed by atoms with E-state index >= 15 is 0 Å². The lowest BCUT2D eigenvalue weighted by Crippen LogP contribution is -2.36. The Morgan fingerprint density at radius 1 is 0.842 bits per heavy atom. The lowest BCUT2D eigenvalue weighted by molar-refractivity contribution is -0.148. The van der Waals surface area contributed by atoms with Crippen molar-refractivity contribution in [2.24, 2.45) is 23.0 Å². The van der Waals surface area contributed by atoms with Gasteiger partial charge in [-0.1, -0.05) is 54.5 Å². The maximum absolute atomic E-state index is 12.4. The highest BCUT2D eigenvalue weighted by molar-refractivity contribution is 5.79. The predicted octanol–water partition coefficient (Wildman–Crippen LogP) is 4.59. The Bertz CT molecular complexity index is 954. The van der Waals surface area contributed by atoms with Crippen LogP contribution in [0.5, 0.6) is 11.5 Å². The number of hydrogen-bond acceptors (Lipinski definition) is 10. The Morgan fingerprint density at radius 3 is 1.92 bits per heavy atom. The molecule has 0 bridgehead atoms. The largest absolute Gasteiger partial charge is 0.508 e. The van der Waals surface area contributed by atoms with Crippen LogP contribution < -0.4 is 15.2 Å². The fraction of sp³-hybridized carbons (Fsp3) is 0.643. The second-order valence-corrected chi connectivity index (χ2v) is 10.7. The summed E-state index contributed by atoms with van der Waals surface area (Å²) in [5, 5.41) is 0. The van der Waals surface area contributed by atoms with Crippen LogP contribution in [-0.4, -0.2) is 49.4 Å². The van der Waals surface area contributed by atoms with E-state index in [4.69, 9.17) is 29.4 Å². The first-order valence-corrected chi connectivity index (χ1v) is 13.0. The van der Waals surface area contributed by atoms with Crippen LogP contribution in [0.3, 0.4) is 0 Å². The molecule has 1 rings (SSSR count). The first-order valence-electron chi connectivity index (χ1n) is 13.0. The molecular formula is C28H43NO9. The van der Waals surface area contributed by atoms with Gasteiger partial charge in [0.15, 0.2) is 11.5 Å². The van der Waals surface area contributed by atoms with Gasteiger partial charge in [0.05, 0.1) is 18.4 Å². The van der Waals surface area contributed by atoms with Crippen LogP contribution in [0.1, 0.15) is 73.8 Å². The van der Waals surface area contributed by atoms with E-state index < -0.39 is 36.2 Å². The Balaban J connectivity index is 2.82. The molecule has 0 amide bonds. The van der Waals surface area contributed by atoms with Crippen molar-refractivity contribution in [2.45, 2.75) is 86.8 Å². The molecule has 0 fully saturated rings. The van der Waals surface area contributed by atoms with E-state index in [9.17, 15) is 19.2 Å². The van der Waals surface area contributed by atoms with E-state index in [0.717, 1.165) is 0 Å². The molecule has 0 radical (unpaired) electrons. The number of carbonyl (C=O) groups excluding carboxylic acids is 4. The number of nitrogens with two attached hydrogens (primary N) is 1. The zero-order valence-corrected chi connectivity index (χ0v) is 23.8. The molecule has 0 aliphatic carbocycles. The molecule has 1 aromatic carbocycles. The molecule has 0 aliphatic rings. The normalized spacial score (nSPS) is 14.4. The zero-order chi connectivity index (χ0) is 29.0. The average molecular weight is 538 g/mol. The van der Waals surface area contributed by atoms with E-state index in [-0.39, 0.29) is 48.4 Å². The number of ether oxygens (including phenoxy) is 5. The summed E-state index contributed by atoms with van der Waals surface area (Å²) in [6.07, 6.45) is -0.341. The molecule has 10 nitrogen and oxygen atoms in total. The smallest absolute Gasteiger partial charge is 0.461 e. The minimum atomic E-state index is -1.04. The summed E-state index contributed by atoms with van der Waals surface area (Å²) in [6.45, 7) is 14.5. The standard InChI is InChI=1S/C28H43NO9/c1-9-17(3)24(30)37-22-12-11-20(14-23(22)38-25(31)18(4)10-2)13-21(29)26(32)34-15-19(5)36-27(33)35-16-28(6,7)8/h11-12,14,17-19,21H,9-10,13,15-16,29H2,1-8H3/t17?,18?,19-,21-/m0/s1. The maximum Gasteiger partial charge on any atom is 0.508 e. The summed E-state index contributed by atoms with van der Waals surface area (Å²) in [4.78, 5) is 48.9. The van der Waals surface area contributed by atoms with Gasteiger partial charge in [-0.25, -0.2) is 4.79 Å². The maximum atomic E-state index is 12.4. The lowest BCUT2D eigenvalue weighted by atomic mass is 9.99. The minimum absolute atomic E-state index is 0.0646. The summed E-state index contributed by atoms with van der Waals surface area (Å²) in [6, 6.07) is 3.61. The topological polar surface area (TPSA) is 140 Å². The second kappa shape index (κ2) is 15.3. The molecule has 4 atom stereocenters. The second-order valence-electron chi connectivity index (χ2n) is 10.7. The third-order valence-corrected chi connectivity index (χ3v) is 5.60. The Morgan fingerprint density at radius 2 is 1.39 bits per heavy atom. The highest BCUT2D eigenvalue weighted by atomic mass is 16.7. The van der Waals surface area contributed by atoms with Gasteiger partial charge in [0.2, 0.25) is 0 Å². The van der Waals surface area contributed by atoms with Gasteiger partial charge in [0, 0.05) is 0 Å². The van der Waals surface area contributed by atoms with Gasteiger partial charge in [-0.2, -0.15) is 0 Å². The molecule has 214 valence electrons. The van der Waals surface area contributed by atoms with Crippen molar-refractivity contribution in [2.75, 3.05) is 13.2 Å². The molecule has 0 aromatic heterocycles. The van der Waals surface area contributed by atoms with Crippen molar-refractivity contribution in [1.29, 1.82) is 0 Å². The number of benzene rings is 1. The van der Waals surface area contributed by atoms with Crippen molar-refractivity contribution in [3.8, 4) is 11.5 Å². The minimum Gasteiger partial charge on any atom is -0.461 e. The van der Waals surface area contributed by atoms with Gasteiger partial charge in [0.25, 0.3) is 0 Å².